The Balaban J connectivity index is 1.22. The molecule has 2 aromatic carbocycles. The van der Waals surface area contributed by atoms with Crippen molar-refractivity contribution in [3.05, 3.63) is 83.9 Å². The van der Waals surface area contributed by atoms with Crippen LogP contribution in [0.2, 0.25) is 5.02 Å². The highest BCUT2D eigenvalue weighted by Crippen LogP contribution is 2.27. The van der Waals surface area contributed by atoms with E-state index in [9.17, 15) is 9.59 Å². The number of aromatic nitrogens is 4. The van der Waals surface area contributed by atoms with Gasteiger partial charge in [0.05, 0.1) is 5.92 Å². The molecule has 2 amide bonds. The number of aryl methyl sites for hydroxylation is 1. The van der Waals surface area contributed by atoms with Crippen LogP contribution in [0.1, 0.15) is 12.2 Å². The van der Waals surface area contributed by atoms with Gasteiger partial charge < -0.3 is 15.5 Å². The number of halogens is 1. The van der Waals surface area contributed by atoms with Gasteiger partial charge in [-0.05, 0) is 61.5 Å². The first-order valence-corrected chi connectivity index (χ1v) is 11.4. The fourth-order valence-electron chi connectivity index (χ4n) is 3.92. The molecule has 5 rings (SSSR count). The third-order valence-electron chi connectivity index (χ3n) is 5.62. The molecule has 4 aromatic rings. The minimum atomic E-state index is -0.430. The molecule has 3 heterocycles. The van der Waals surface area contributed by atoms with Crippen molar-refractivity contribution in [1.29, 1.82) is 0 Å². The molecular formula is C25H22ClN7O2. The van der Waals surface area contributed by atoms with Gasteiger partial charge in [-0.15, -0.1) is 0 Å². The average molecular weight is 488 g/mol. The number of amides is 2. The van der Waals surface area contributed by atoms with Crippen LogP contribution < -0.4 is 15.5 Å². The Bertz CT molecular complexity index is 1360. The molecule has 176 valence electrons. The second-order valence-corrected chi connectivity index (χ2v) is 8.62. The molecule has 1 atom stereocenters. The molecule has 0 radical (unpaired) electrons. The zero-order chi connectivity index (χ0) is 24.4. The molecule has 1 fully saturated rings. The molecule has 35 heavy (non-hydrogen) atoms. The maximum Gasteiger partial charge on any atom is 0.229 e. The van der Waals surface area contributed by atoms with Gasteiger partial charge in [0.25, 0.3) is 0 Å². The topological polar surface area (TPSA) is 105 Å². The Morgan fingerprint density at radius 1 is 1.06 bits per heavy atom. The summed E-state index contributed by atoms with van der Waals surface area (Å²) in [6, 6.07) is 18.0. The number of carbonyl (C=O) groups excluding carboxylic acids is 2. The van der Waals surface area contributed by atoms with Gasteiger partial charge in [0.1, 0.15) is 11.6 Å². The second-order valence-electron chi connectivity index (χ2n) is 8.18. The number of carbonyl (C=O) groups is 2. The summed E-state index contributed by atoms with van der Waals surface area (Å²) in [5, 5.41) is 11.0. The number of nitrogens with zero attached hydrogens (tertiary/aromatic N) is 5. The van der Waals surface area contributed by atoms with E-state index >= 15 is 0 Å². The van der Waals surface area contributed by atoms with Gasteiger partial charge in [0.15, 0.2) is 5.82 Å². The fourth-order valence-corrected chi connectivity index (χ4v) is 4.05. The van der Waals surface area contributed by atoms with Gasteiger partial charge in [-0.25, -0.2) is 14.6 Å². The molecule has 0 unspecified atom stereocenters. The smallest absolute Gasteiger partial charge is 0.229 e. The van der Waals surface area contributed by atoms with Crippen molar-refractivity contribution >= 4 is 46.3 Å². The van der Waals surface area contributed by atoms with E-state index in [4.69, 9.17) is 11.6 Å². The minimum absolute atomic E-state index is 0.0818. The summed E-state index contributed by atoms with van der Waals surface area (Å²) >= 11 is 5.93. The van der Waals surface area contributed by atoms with E-state index in [1.54, 1.807) is 58.2 Å². The van der Waals surface area contributed by atoms with Crippen LogP contribution >= 0.6 is 11.6 Å². The van der Waals surface area contributed by atoms with Crippen molar-refractivity contribution in [2.75, 3.05) is 22.1 Å². The highest BCUT2D eigenvalue weighted by Gasteiger charge is 2.35. The lowest BCUT2D eigenvalue weighted by Gasteiger charge is -2.17. The summed E-state index contributed by atoms with van der Waals surface area (Å²) in [5.74, 6) is 1.20. The first kappa shape index (κ1) is 22.5. The fraction of sp³-hybridized carbons (Fsp3) is 0.160. The summed E-state index contributed by atoms with van der Waals surface area (Å²) in [6.07, 6.45) is 3.67. The number of hydrogen-bond acceptors (Lipinski definition) is 6. The maximum absolute atomic E-state index is 12.8. The van der Waals surface area contributed by atoms with Crippen LogP contribution in [0, 0.1) is 12.8 Å². The Labute approximate surface area is 206 Å². The van der Waals surface area contributed by atoms with Crippen LogP contribution in [0.5, 0.6) is 0 Å². The molecule has 1 aliphatic heterocycles. The van der Waals surface area contributed by atoms with E-state index < -0.39 is 5.92 Å². The lowest BCUT2D eigenvalue weighted by Crippen LogP contribution is -2.28. The maximum atomic E-state index is 12.8. The van der Waals surface area contributed by atoms with Crippen LogP contribution in [-0.2, 0) is 9.59 Å². The van der Waals surface area contributed by atoms with Gasteiger partial charge in [0, 0.05) is 53.5 Å². The SMILES string of the molecule is Cc1nc(Nc2ccc(NC(=O)[C@H]3CC(=O)N(c4ccc(Cl)cc4)C3)cc2)cc(-n2cccn2)n1. The second kappa shape index (κ2) is 9.55. The number of hydrogen-bond donors (Lipinski definition) is 2. The van der Waals surface area contributed by atoms with Gasteiger partial charge in [-0.3, -0.25) is 9.59 Å². The number of rotatable bonds is 6. The van der Waals surface area contributed by atoms with Crippen molar-refractivity contribution in [3.8, 4) is 5.82 Å². The van der Waals surface area contributed by atoms with Gasteiger partial charge in [-0.1, -0.05) is 11.6 Å². The molecule has 2 N–H and O–H groups in total. The van der Waals surface area contributed by atoms with Crippen molar-refractivity contribution in [1.82, 2.24) is 19.7 Å². The van der Waals surface area contributed by atoms with Crippen LogP contribution in [-0.4, -0.2) is 38.1 Å². The van der Waals surface area contributed by atoms with Crippen molar-refractivity contribution in [3.63, 3.8) is 0 Å². The summed E-state index contributed by atoms with van der Waals surface area (Å²) in [6.45, 7) is 2.15. The van der Waals surface area contributed by atoms with Gasteiger partial charge in [-0.2, -0.15) is 5.10 Å². The minimum Gasteiger partial charge on any atom is -0.340 e. The van der Waals surface area contributed by atoms with E-state index in [0.717, 1.165) is 11.4 Å². The van der Waals surface area contributed by atoms with Crippen molar-refractivity contribution < 1.29 is 9.59 Å². The third kappa shape index (κ3) is 5.15. The Morgan fingerprint density at radius 2 is 1.80 bits per heavy atom. The highest BCUT2D eigenvalue weighted by molar-refractivity contribution is 6.30. The molecule has 0 spiro atoms. The average Bonchev–Trinajstić information content (AvgIpc) is 3.51. The zero-order valence-corrected chi connectivity index (χ0v) is 19.6. The monoisotopic (exact) mass is 487 g/mol. The van der Waals surface area contributed by atoms with Crippen LogP contribution in [0.15, 0.2) is 73.1 Å². The van der Waals surface area contributed by atoms with E-state index in [1.807, 2.05) is 31.3 Å². The van der Waals surface area contributed by atoms with Crippen LogP contribution in [0.4, 0.5) is 22.9 Å². The molecule has 2 aromatic heterocycles. The lowest BCUT2D eigenvalue weighted by atomic mass is 10.1. The first-order chi connectivity index (χ1) is 16.9. The standard InChI is InChI=1S/C25H22ClN7O2/c1-16-28-22(14-23(29-16)33-12-2-11-27-33)30-19-5-7-20(8-6-19)31-25(35)17-13-24(34)32(15-17)21-9-3-18(26)4-10-21/h2-12,14,17H,13,15H2,1H3,(H,31,35)(H,28,29,30)/t17-/m0/s1. The van der Waals surface area contributed by atoms with Crippen LogP contribution in [0.3, 0.4) is 0 Å². The normalized spacial score (nSPS) is 15.3. The molecule has 1 aliphatic rings. The number of anilines is 4. The molecule has 1 saturated heterocycles. The molecule has 0 aliphatic carbocycles. The lowest BCUT2D eigenvalue weighted by molar-refractivity contribution is -0.122. The Kier molecular flexibility index (Phi) is 6.15. The van der Waals surface area contributed by atoms with Crippen LogP contribution in [0.25, 0.3) is 5.82 Å². The predicted octanol–water partition coefficient (Wildman–Crippen LogP) is 4.36. The van der Waals surface area contributed by atoms with Gasteiger partial charge >= 0.3 is 0 Å². The van der Waals surface area contributed by atoms with Gasteiger partial charge in [0.2, 0.25) is 11.8 Å². The molecular weight excluding hydrogens is 466 g/mol. The van der Waals surface area contributed by atoms with Crippen molar-refractivity contribution in [2.45, 2.75) is 13.3 Å². The third-order valence-corrected chi connectivity index (χ3v) is 5.87. The van der Waals surface area contributed by atoms with Crippen molar-refractivity contribution in [2.24, 2.45) is 5.92 Å². The Hall–Kier alpha value is -4.24. The predicted molar refractivity (Wildman–Crippen MR) is 134 cm³/mol. The molecule has 10 heteroatoms. The highest BCUT2D eigenvalue weighted by atomic mass is 35.5. The van der Waals surface area contributed by atoms with E-state index in [2.05, 4.69) is 25.7 Å². The summed E-state index contributed by atoms with van der Waals surface area (Å²) < 4.78 is 1.67. The Morgan fingerprint density at radius 3 is 2.51 bits per heavy atom. The first-order valence-electron chi connectivity index (χ1n) is 11.0. The molecule has 9 nitrogen and oxygen atoms in total. The summed E-state index contributed by atoms with van der Waals surface area (Å²) in [4.78, 5) is 35.7. The van der Waals surface area contributed by atoms with E-state index in [1.165, 1.54) is 0 Å². The number of nitrogens with one attached hydrogen (secondary N) is 2. The zero-order valence-electron chi connectivity index (χ0n) is 18.9. The molecule has 0 bridgehead atoms. The molecule has 0 saturated carbocycles. The largest absolute Gasteiger partial charge is 0.340 e. The van der Waals surface area contributed by atoms with E-state index in [0.29, 0.717) is 34.7 Å². The summed E-state index contributed by atoms with van der Waals surface area (Å²) in [5.41, 5.74) is 2.19. The summed E-state index contributed by atoms with van der Waals surface area (Å²) in [7, 11) is 0. The quantitative estimate of drug-likeness (QED) is 0.418. The number of benzene rings is 2. The van der Waals surface area contributed by atoms with E-state index in [-0.39, 0.29) is 18.2 Å².